The highest BCUT2D eigenvalue weighted by Gasteiger charge is 2.32. The molecule has 0 aromatic heterocycles. The van der Waals surface area contributed by atoms with Crippen molar-refractivity contribution in [2.45, 2.75) is 45.6 Å². The zero-order chi connectivity index (χ0) is 17.5. The third-order valence-electron chi connectivity index (χ3n) is 4.49. The van der Waals surface area contributed by atoms with Crippen LogP contribution in [0.2, 0.25) is 0 Å². The van der Waals surface area contributed by atoms with Crippen LogP contribution in [0.4, 0.5) is 5.69 Å². The van der Waals surface area contributed by atoms with Gasteiger partial charge in [-0.05, 0) is 38.8 Å². The summed E-state index contributed by atoms with van der Waals surface area (Å²) in [7, 11) is 1.69. The minimum absolute atomic E-state index is 0.00955. The fraction of sp³-hybridized carbons (Fsp3) is 0.579. The molecule has 2 rings (SSSR count). The average Bonchev–Trinajstić information content (AvgIpc) is 2.57. The first-order valence-electron chi connectivity index (χ1n) is 8.68. The zero-order valence-electron chi connectivity index (χ0n) is 15.0. The van der Waals surface area contributed by atoms with Crippen LogP contribution in [0.3, 0.4) is 0 Å². The number of piperazine rings is 1. The maximum Gasteiger partial charge on any atom is 0.246 e. The monoisotopic (exact) mass is 332 g/mol. The molecule has 0 N–H and O–H groups in total. The van der Waals surface area contributed by atoms with Crippen molar-refractivity contribution in [3.8, 4) is 0 Å². The highest BCUT2D eigenvalue weighted by molar-refractivity contribution is 5.98. The Labute approximate surface area is 144 Å². The number of amides is 2. The molecule has 1 atom stereocenters. The quantitative estimate of drug-likeness (QED) is 0.722. The van der Waals surface area contributed by atoms with Gasteiger partial charge in [-0.3, -0.25) is 9.59 Å². The van der Waals surface area contributed by atoms with Crippen LogP contribution < -0.4 is 4.90 Å². The molecule has 0 radical (unpaired) electrons. The first-order chi connectivity index (χ1) is 11.5. The number of nitrogens with zero attached hydrogens (tertiary/aromatic N) is 2. The van der Waals surface area contributed by atoms with E-state index in [1.54, 1.807) is 16.9 Å². The lowest BCUT2D eigenvalue weighted by molar-refractivity contribution is -0.139. The second kappa shape index (κ2) is 8.83. The number of methoxy groups -OCH3 is 1. The largest absolute Gasteiger partial charge is 0.385 e. The Kier molecular flexibility index (Phi) is 6.79. The maximum absolute atomic E-state index is 12.5. The summed E-state index contributed by atoms with van der Waals surface area (Å²) >= 11 is 0. The Morgan fingerprint density at radius 1 is 1.21 bits per heavy atom. The molecule has 1 heterocycles. The molecule has 0 spiro atoms. The van der Waals surface area contributed by atoms with Crippen LogP contribution in [0, 0.1) is 6.92 Å². The van der Waals surface area contributed by atoms with Gasteiger partial charge in [0.2, 0.25) is 11.8 Å². The summed E-state index contributed by atoms with van der Waals surface area (Å²) in [6.45, 7) is 5.50. The molecule has 1 aromatic rings. The number of unbranched alkanes of at least 4 members (excludes halogenated alkanes) is 2. The van der Waals surface area contributed by atoms with Crippen molar-refractivity contribution in [1.82, 2.24) is 4.90 Å². The first kappa shape index (κ1) is 18.5. The van der Waals surface area contributed by atoms with E-state index in [4.69, 9.17) is 4.74 Å². The van der Waals surface area contributed by atoms with Crippen LogP contribution in [-0.4, -0.2) is 49.6 Å². The Balaban J connectivity index is 1.89. The SMILES string of the molecule is COCCCCCC(=O)N1CC(=O)N(c2ccc(C)cc2)C[C@H]1C. The molecule has 1 aliphatic rings. The van der Waals surface area contributed by atoms with E-state index in [0.29, 0.717) is 13.0 Å². The van der Waals surface area contributed by atoms with Crippen molar-refractivity contribution in [2.24, 2.45) is 0 Å². The van der Waals surface area contributed by atoms with Gasteiger partial charge in [-0.15, -0.1) is 0 Å². The Morgan fingerprint density at radius 2 is 1.92 bits per heavy atom. The molecule has 2 amide bonds. The van der Waals surface area contributed by atoms with Crippen LogP contribution in [0.1, 0.15) is 38.2 Å². The van der Waals surface area contributed by atoms with Gasteiger partial charge >= 0.3 is 0 Å². The summed E-state index contributed by atoms with van der Waals surface area (Å²) in [5.41, 5.74) is 2.07. The molecule has 0 unspecified atom stereocenters. The van der Waals surface area contributed by atoms with Gasteiger partial charge in [0.15, 0.2) is 0 Å². The molecule has 1 aromatic carbocycles. The van der Waals surface area contributed by atoms with Crippen LogP contribution in [0.15, 0.2) is 24.3 Å². The van der Waals surface area contributed by atoms with Gasteiger partial charge in [-0.25, -0.2) is 0 Å². The van der Waals surface area contributed by atoms with Crippen molar-refractivity contribution in [3.05, 3.63) is 29.8 Å². The van der Waals surface area contributed by atoms with Crippen molar-refractivity contribution in [1.29, 1.82) is 0 Å². The smallest absolute Gasteiger partial charge is 0.246 e. The van der Waals surface area contributed by atoms with E-state index in [1.807, 2.05) is 38.1 Å². The van der Waals surface area contributed by atoms with E-state index in [9.17, 15) is 9.59 Å². The van der Waals surface area contributed by atoms with Gasteiger partial charge in [0.05, 0.1) is 0 Å². The number of carbonyl (C=O) groups is 2. The lowest BCUT2D eigenvalue weighted by Gasteiger charge is -2.39. The van der Waals surface area contributed by atoms with E-state index < -0.39 is 0 Å². The fourth-order valence-electron chi connectivity index (χ4n) is 3.00. The normalized spacial score (nSPS) is 18.1. The molecule has 1 aliphatic heterocycles. The summed E-state index contributed by atoms with van der Waals surface area (Å²) in [5.74, 6) is 0.0708. The second-order valence-electron chi connectivity index (χ2n) is 6.51. The van der Waals surface area contributed by atoms with Crippen LogP contribution in [-0.2, 0) is 14.3 Å². The second-order valence-corrected chi connectivity index (χ2v) is 6.51. The molecule has 0 aliphatic carbocycles. The van der Waals surface area contributed by atoms with Gasteiger partial charge in [-0.2, -0.15) is 0 Å². The molecule has 0 bridgehead atoms. The van der Waals surface area contributed by atoms with E-state index in [2.05, 4.69) is 0 Å². The molecule has 1 fully saturated rings. The molecule has 5 nitrogen and oxygen atoms in total. The van der Waals surface area contributed by atoms with Gasteiger partial charge in [0.25, 0.3) is 0 Å². The summed E-state index contributed by atoms with van der Waals surface area (Å²) < 4.78 is 5.01. The number of ether oxygens (including phenoxy) is 1. The van der Waals surface area contributed by atoms with Gasteiger partial charge in [-0.1, -0.05) is 24.1 Å². The molecular weight excluding hydrogens is 304 g/mol. The van der Waals surface area contributed by atoms with Crippen molar-refractivity contribution in [3.63, 3.8) is 0 Å². The standard InChI is InChI=1S/C19H28N2O3/c1-15-8-10-17(11-9-15)21-13-16(2)20(14-19(21)23)18(22)7-5-4-6-12-24-3/h8-11,16H,4-7,12-14H2,1-3H3/t16-/m1/s1. The van der Waals surface area contributed by atoms with E-state index in [-0.39, 0.29) is 24.4 Å². The topological polar surface area (TPSA) is 49.9 Å². The predicted octanol–water partition coefficient (Wildman–Crippen LogP) is 2.77. The Morgan fingerprint density at radius 3 is 2.58 bits per heavy atom. The Hall–Kier alpha value is -1.88. The van der Waals surface area contributed by atoms with Crippen molar-refractivity contribution in [2.75, 3.05) is 31.7 Å². The number of hydrogen-bond donors (Lipinski definition) is 0. The van der Waals surface area contributed by atoms with Gasteiger partial charge < -0.3 is 14.5 Å². The van der Waals surface area contributed by atoms with Gasteiger partial charge in [0.1, 0.15) is 6.54 Å². The predicted molar refractivity (Wildman–Crippen MR) is 95.1 cm³/mol. The third kappa shape index (κ3) is 4.81. The van der Waals surface area contributed by atoms with E-state index in [1.165, 1.54) is 5.56 Å². The summed E-state index contributed by atoms with van der Waals surface area (Å²) in [6.07, 6.45) is 3.30. The van der Waals surface area contributed by atoms with Gasteiger partial charge in [0, 0.05) is 38.4 Å². The molecule has 24 heavy (non-hydrogen) atoms. The number of hydrogen-bond acceptors (Lipinski definition) is 3. The van der Waals surface area contributed by atoms with Crippen molar-refractivity contribution < 1.29 is 14.3 Å². The average molecular weight is 332 g/mol. The number of rotatable bonds is 7. The van der Waals surface area contributed by atoms with Crippen LogP contribution in [0.25, 0.3) is 0 Å². The Bertz CT molecular complexity index is 556. The lowest BCUT2D eigenvalue weighted by Crippen LogP contribution is -2.57. The number of aryl methyl sites for hydroxylation is 1. The number of anilines is 1. The summed E-state index contributed by atoms with van der Waals surface area (Å²) in [5, 5.41) is 0. The number of benzene rings is 1. The minimum atomic E-state index is -0.00955. The van der Waals surface area contributed by atoms with Crippen LogP contribution in [0.5, 0.6) is 0 Å². The minimum Gasteiger partial charge on any atom is -0.385 e. The zero-order valence-corrected chi connectivity index (χ0v) is 15.0. The van der Waals surface area contributed by atoms with E-state index in [0.717, 1.165) is 31.6 Å². The van der Waals surface area contributed by atoms with Crippen molar-refractivity contribution >= 4 is 17.5 Å². The fourth-order valence-corrected chi connectivity index (χ4v) is 3.00. The molecule has 132 valence electrons. The van der Waals surface area contributed by atoms with Crippen LogP contribution >= 0.6 is 0 Å². The lowest BCUT2D eigenvalue weighted by atomic mass is 10.1. The number of carbonyl (C=O) groups excluding carboxylic acids is 2. The molecule has 0 saturated carbocycles. The summed E-state index contributed by atoms with van der Waals surface area (Å²) in [4.78, 5) is 28.4. The first-order valence-corrected chi connectivity index (χ1v) is 8.68. The molecule has 5 heteroatoms. The third-order valence-corrected chi connectivity index (χ3v) is 4.49. The highest BCUT2D eigenvalue weighted by atomic mass is 16.5. The highest BCUT2D eigenvalue weighted by Crippen LogP contribution is 2.21. The maximum atomic E-state index is 12.5. The molecule has 1 saturated heterocycles. The van der Waals surface area contributed by atoms with E-state index >= 15 is 0 Å². The summed E-state index contributed by atoms with van der Waals surface area (Å²) in [6, 6.07) is 7.98. The molecular formula is C19H28N2O3.